The molecule has 0 N–H and O–H groups in total. The van der Waals surface area contributed by atoms with Gasteiger partial charge in [0.2, 0.25) is 0 Å². The van der Waals surface area contributed by atoms with E-state index in [1.807, 2.05) is 0 Å². The van der Waals surface area contributed by atoms with Crippen LogP contribution in [-0.2, 0) is 0 Å². The normalized spacial score (nSPS) is 9.60. The van der Waals surface area contributed by atoms with Crippen molar-refractivity contribution in [2.24, 2.45) is 0 Å². The molecule has 0 heterocycles. The third-order valence-corrected chi connectivity index (χ3v) is 2.89. The molecule has 0 aromatic rings. The van der Waals surface area contributed by atoms with Crippen molar-refractivity contribution in [1.29, 1.82) is 0 Å². The van der Waals surface area contributed by atoms with Gasteiger partial charge in [0, 0.05) is 5.90 Å². The standard InChI is InChI=1S/CH2Cl2P2/c2-5(3)1-4/h1H2. The van der Waals surface area contributed by atoms with Gasteiger partial charge >= 0.3 is 0 Å². The van der Waals surface area contributed by atoms with Crippen LogP contribution in [0.25, 0.3) is 0 Å². The Morgan fingerprint density at radius 2 is 1.80 bits per heavy atom. The lowest BCUT2D eigenvalue weighted by Gasteiger charge is -1.83. The Labute approximate surface area is 44.8 Å². The minimum atomic E-state index is -0.790. The topological polar surface area (TPSA) is 0 Å². The zero-order valence-electron chi connectivity index (χ0n) is 2.36. The molecular weight excluding hydrogens is 145 g/mol. The predicted octanol–water partition coefficient (Wildman–Crippen LogP) is 3.14. The summed E-state index contributed by atoms with van der Waals surface area (Å²) >= 11 is 10.4. The van der Waals surface area contributed by atoms with Gasteiger partial charge in [0.1, 0.15) is 0 Å². The molecule has 0 spiro atoms. The monoisotopic (exact) mass is 146 g/mol. The van der Waals surface area contributed by atoms with Gasteiger partial charge in [0.15, 0.2) is 0 Å². The quantitative estimate of drug-likeness (QED) is 0.499. The van der Waals surface area contributed by atoms with E-state index in [0.717, 1.165) is 0 Å². The van der Waals surface area contributed by atoms with E-state index >= 15 is 0 Å². The summed E-state index contributed by atoms with van der Waals surface area (Å²) < 4.78 is 0. The third-order valence-electron chi connectivity index (χ3n) is 0.107. The minimum absolute atomic E-state index is 0.596. The van der Waals surface area contributed by atoms with Crippen LogP contribution in [0.1, 0.15) is 0 Å². The molecule has 0 aliphatic rings. The molecule has 0 bridgehead atoms. The van der Waals surface area contributed by atoms with E-state index in [4.69, 9.17) is 22.5 Å². The molecule has 30 valence electrons. The summed E-state index contributed by atoms with van der Waals surface area (Å²) in [6.07, 6.45) is 0. The van der Waals surface area contributed by atoms with Crippen molar-refractivity contribution >= 4 is 38.3 Å². The molecule has 0 unspecified atom stereocenters. The van der Waals surface area contributed by atoms with Gasteiger partial charge in [0.05, 0.1) is 6.63 Å². The highest BCUT2D eigenvalue weighted by Gasteiger charge is 1.87. The first kappa shape index (κ1) is 6.44. The van der Waals surface area contributed by atoms with Crippen LogP contribution in [-0.4, -0.2) is 5.90 Å². The molecule has 0 fully saturated rings. The molecule has 5 heavy (non-hydrogen) atoms. The number of halogens is 2. The highest BCUT2D eigenvalue weighted by molar-refractivity contribution is 8.06. The number of hydrogen-bond donors (Lipinski definition) is 0. The average molecular weight is 147 g/mol. The second kappa shape index (κ2) is 3.62. The fourth-order valence-electron chi connectivity index (χ4n) is 0. The van der Waals surface area contributed by atoms with Crippen molar-refractivity contribution in [2.75, 3.05) is 5.90 Å². The molecule has 0 rings (SSSR count). The van der Waals surface area contributed by atoms with Crippen molar-refractivity contribution < 1.29 is 0 Å². The van der Waals surface area contributed by atoms with Gasteiger partial charge < -0.3 is 0 Å². The highest BCUT2D eigenvalue weighted by atomic mass is 35.9. The van der Waals surface area contributed by atoms with Crippen molar-refractivity contribution in [1.82, 2.24) is 0 Å². The van der Waals surface area contributed by atoms with Gasteiger partial charge in [-0.1, -0.05) is 22.5 Å². The van der Waals surface area contributed by atoms with Gasteiger partial charge in [-0.3, -0.25) is 0 Å². The lowest BCUT2D eigenvalue weighted by atomic mass is 11.9. The Morgan fingerprint density at radius 3 is 1.80 bits per heavy atom. The van der Waals surface area contributed by atoms with Gasteiger partial charge in [-0.2, -0.15) is 0 Å². The summed E-state index contributed by atoms with van der Waals surface area (Å²) in [6, 6.07) is 0. The Morgan fingerprint density at radius 1 is 1.60 bits per heavy atom. The average Bonchev–Trinajstić information content (AvgIpc) is 1.38. The summed E-state index contributed by atoms with van der Waals surface area (Å²) in [6.45, 7) is -0.790. The zero-order valence-corrected chi connectivity index (χ0v) is 5.66. The smallest absolute Gasteiger partial charge is 0.0777 e. The predicted molar refractivity (Wildman–Crippen MR) is 30.4 cm³/mol. The fourth-order valence-corrected chi connectivity index (χ4v) is 0. The molecule has 4 heteroatoms. The number of rotatable bonds is 1. The molecule has 0 saturated heterocycles. The van der Waals surface area contributed by atoms with Gasteiger partial charge in [-0.05, 0) is 9.24 Å². The molecule has 2 radical (unpaired) electrons. The SMILES string of the molecule is [P]CP(Cl)Cl. The largest absolute Gasteiger partial charge is 0.0905 e. The van der Waals surface area contributed by atoms with E-state index < -0.39 is 6.63 Å². The third kappa shape index (κ3) is 5.44. The summed E-state index contributed by atoms with van der Waals surface area (Å²) in [5.74, 6) is 0.596. The fraction of sp³-hybridized carbons (Fsp3) is 1.00. The molecule has 0 aromatic heterocycles. The minimum Gasteiger partial charge on any atom is -0.0777 e. The van der Waals surface area contributed by atoms with Crippen LogP contribution in [0.4, 0.5) is 0 Å². The summed E-state index contributed by atoms with van der Waals surface area (Å²) in [4.78, 5) is 0. The summed E-state index contributed by atoms with van der Waals surface area (Å²) in [5.41, 5.74) is 0. The van der Waals surface area contributed by atoms with Crippen molar-refractivity contribution in [2.45, 2.75) is 0 Å². The molecule has 0 amide bonds. The van der Waals surface area contributed by atoms with Crippen molar-refractivity contribution in [3.63, 3.8) is 0 Å². The molecule has 0 saturated carbocycles. The first-order valence-corrected chi connectivity index (χ1v) is 4.94. The Balaban J connectivity index is 2.54. The van der Waals surface area contributed by atoms with Crippen LogP contribution in [0.3, 0.4) is 0 Å². The molecule has 0 aliphatic heterocycles. The van der Waals surface area contributed by atoms with E-state index in [9.17, 15) is 0 Å². The van der Waals surface area contributed by atoms with Crippen LogP contribution in [0, 0.1) is 0 Å². The molecule has 0 aliphatic carbocycles. The van der Waals surface area contributed by atoms with Crippen LogP contribution >= 0.6 is 38.3 Å². The van der Waals surface area contributed by atoms with Crippen LogP contribution in [0.2, 0.25) is 0 Å². The Bertz CT molecular complexity index is 21.6. The Kier molecular flexibility index (Phi) is 4.67. The van der Waals surface area contributed by atoms with Crippen LogP contribution < -0.4 is 0 Å². The van der Waals surface area contributed by atoms with E-state index in [1.54, 1.807) is 0 Å². The van der Waals surface area contributed by atoms with Gasteiger partial charge in [-0.15, -0.1) is 0 Å². The van der Waals surface area contributed by atoms with E-state index in [-0.39, 0.29) is 0 Å². The molecule has 0 atom stereocenters. The Hall–Kier alpha value is 1.44. The van der Waals surface area contributed by atoms with Crippen LogP contribution in [0.5, 0.6) is 0 Å². The second-order valence-electron chi connectivity index (χ2n) is 0.444. The maximum Gasteiger partial charge on any atom is 0.0905 e. The summed E-state index contributed by atoms with van der Waals surface area (Å²) in [7, 11) is 3.78. The first-order chi connectivity index (χ1) is 2.27. The lowest BCUT2D eigenvalue weighted by Crippen LogP contribution is -1.41. The highest BCUT2D eigenvalue weighted by Crippen LogP contribution is 2.47. The van der Waals surface area contributed by atoms with Crippen LogP contribution in [0.15, 0.2) is 0 Å². The number of hydrogen-bond acceptors (Lipinski definition) is 0. The maximum atomic E-state index is 5.22. The van der Waals surface area contributed by atoms with Gasteiger partial charge in [0.25, 0.3) is 0 Å². The van der Waals surface area contributed by atoms with E-state index in [2.05, 4.69) is 9.24 Å². The van der Waals surface area contributed by atoms with Crippen molar-refractivity contribution in [3.8, 4) is 0 Å². The summed E-state index contributed by atoms with van der Waals surface area (Å²) in [5, 5.41) is 0. The first-order valence-electron chi connectivity index (χ1n) is 0.971. The van der Waals surface area contributed by atoms with Gasteiger partial charge in [-0.25, -0.2) is 0 Å². The maximum absolute atomic E-state index is 5.22. The molecular formula is CH2Cl2P2. The second-order valence-corrected chi connectivity index (χ2v) is 5.15. The van der Waals surface area contributed by atoms with Crippen molar-refractivity contribution in [3.05, 3.63) is 0 Å². The zero-order chi connectivity index (χ0) is 4.28. The van der Waals surface area contributed by atoms with E-state index in [0.29, 0.717) is 5.90 Å². The molecule has 0 nitrogen and oxygen atoms in total. The lowest BCUT2D eigenvalue weighted by molar-refractivity contribution is 2.29. The van der Waals surface area contributed by atoms with E-state index in [1.165, 1.54) is 0 Å². The molecule has 0 aromatic carbocycles.